The molecule has 3 aromatic heterocycles. The van der Waals surface area contributed by atoms with Crippen molar-refractivity contribution >= 4 is 39.4 Å². The van der Waals surface area contributed by atoms with Gasteiger partial charge in [-0.3, -0.25) is 9.78 Å². The molecule has 0 aliphatic rings. The third-order valence-corrected chi connectivity index (χ3v) is 5.80. The Bertz CT molecular complexity index is 1330. The van der Waals surface area contributed by atoms with Crippen LogP contribution >= 0.6 is 11.3 Å². The molecule has 0 unspecified atom stereocenters. The summed E-state index contributed by atoms with van der Waals surface area (Å²) < 4.78 is 12.2. The van der Waals surface area contributed by atoms with E-state index in [2.05, 4.69) is 15.3 Å². The van der Waals surface area contributed by atoms with Gasteiger partial charge in [-0.1, -0.05) is 23.5 Å². The van der Waals surface area contributed by atoms with Gasteiger partial charge in [-0.25, -0.2) is 9.78 Å². The topological polar surface area (TPSA) is 93.6 Å². The van der Waals surface area contributed by atoms with Crippen LogP contribution in [-0.2, 0) is 11.2 Å². The van der Waals surface area contributed by atoms with Gasteiger partial charge in [0.25, 0.3) is 0 Å². The van der Waals surface area contributed by atoms with Crippen LogP contribution in [0.4, 0.5) is 10.6 Å². The van der Waals surface area contributed by atoms with Crippen molar-refractivity contribution in [1.29, 1.82) is 0 Å². The van der Waals surface area contributed by atoms with Gasteiger partial charge in [0.1, 0.15) is 17.3 Å². The highest BCUT2D eigenvalue weighted by atomic mass is 32.1. The number of aryl methyl sites for hydroxylation is 2. The molecule has 1 N–H and O–H groups in total. The standard InChI is InChI=1S/C25H24N4O4S/c1-15-11-16(2)27-21(12-15)28-22(30)13-17-5-7-18(8-6-17)32-20-9-10-26-19-14-23(34-24(19)20)33-25(31)29(3)4/h5-12,14H,13H2,1-4H3,(H,27,28,30). The molecule has 9 heteroatoms. The van der Waals surface area contributed by atoms with Crippen LogP contribution in [0.1, 0.15) is 16.8 Å². The lowest BCUT2D eigenvalue weighted by Gasteiger charge is -2.09. The maximum absolute atomic E-state index is 12.4. The number of amides is 2. The summed E-state index contributed by atoms with van der Waals surface area (Å²) in [4.78, 5) is 34.3. The molecule has 34 heavy (non-hydrogen) atoms. The Morgan fingerprint density at radius 2 is 1.82 bits per heavy atom. The fourth-order valence-electron chi connectivity index (χ4n) is 3.28. The van der Waals surface area contributed by atoms with Crippen LogP contribution in [0.5, 0.6) is 16.6 Å². The number of fused-ring (bicyclic) bond motifs is 1. The molecule has 174 valence electrons. The molecular formula is C25H24N4O4S. The van der Waals surface area contributed by atoms with Crippen LogP contribution in [0, 0.1) is 13.8 Å². The molecule has 4 aromatic rings. The number of thiophene rings is 1. The average Bonchev–Trinajstić information content (AvgIpc) is 3.17. The first-order valence-electron chi connectivity index (χ1n) is 10.6. The van der Waals surface area contributed by atoms with Crippen LogP contribution in [0.2, 0.25) is 0 Å². The number of pyridine rings is 2. The van der Waals surface area contributed by atoms with Crippen molar-refractivity contribution in [2.45, 2.75) is 20.3 Å². The van der Waals surface area contributed by atoms with E-state index in [-0.39, 0.29) is 12.3 Å². The van der Waals surface area contributed by atoms with Crippen molar-refractivity contribution < 1.29 is 19.1 Å². The van der Waals surface area contributed by atoms with E-state index < -0.39 is 6.09 Å². The lowest BCUT2D eigenvalue weighted by molar-refractivity contribution is -0.115. The summed E-state index contributed by atoms with van der Waals surface area (Å²) in [7, 11) is 3.24. The number of ether oxygens (including phenoxy) is 2. The number of nitrogens with zero attached hydrogens (tertiary/aromatic N) is 3. The molecule has 0 aliphatic carbocycles. The first-order valence-corrected chi connectivity index (χ1v) is 11.4. The molecule has 1 aromatic carbocycles. The zero-order valence-corrected chi connectivity index (χ0v) is 20.1. The molecule has 0 saturated heterocycles. The Balaban J connectivity index is 1.42. The minimum atomic E-state index is -0.457. The van der Waals surface area contributed by atoms with E-state index in [4.69, 9.17) is 9.47 Å². The predicted octanol–water partition coefficient (Wildman–Crippen LogP) is 5.34. The summed E-state index contributed by atoms with van der Waals surface area (Å²) in [6.45, 7) is 3.86. The van der Waals surface area contributed by atoms with Gasteiger partial charge >= 0.3 is 6.09 Å². The van der Waals surface area contributed by atoms with Crippen molar-refractivity contribution in [3.05, 3.63) is 71.5 Å². The van der Waals surface area contributed by atoms with Crippen LogP contribution in [0.25, 0.3) is 10.2 Å². The minimum absolute atomic E-state index is 0.139. The molecule has 2 amide bonds. The highest BCUT2D eigenvalue weighted by molar-refractivity contribution is 7.21. The van der Waals surface area contributed by atoms with E-state index >= 15 is 0 Å². The van der Waals surface area contributed by atoms with Gasteiger partial charge in [-0.2, -0.15) is 0 Å². The molecule has 8 nitrogen and oxygen atoms in total. The second kappa shape index (κ2) is 9.88. The Labute approximate surface area is 201 Å². The zero-order valence-electron chi connectivity index (χ0n) is 19.3. The number of hydrogen-bond acceptors (Lipinski definition) is 7. The third-order valence-electron chi connectivity index (χ3n) is 4.79. The first kappa shape index (κ1) is 23.2. The van der Waals surface area contributed by atoms with E-state index in [0.29, 0.717) is 27.9 Å². The quantitative estimate of drug-likeness (QED) is 0.404. The molecule has 0 fully saturated rings. The molecule has 0 bridgehead atoms. The van der Waals surface area contributed by atoms with Crippen molar-refractivity contribution in [3.8, 4) is 16.6 Å². The molecule has 3 heterocycles. The number of carbonyl (C=O) groups excluding carboxylic acids is 2. The lowest BCUT2D eigenvalue weighted by Crippen LogP contribution is -2.24. The molecule has 0 spiro atoms. The molecule has 0 atom stereocenters. The highest BCUT2D eigenvalue weighted by Crippen LogP contribution is 2.38. The summed E-state index contributed by atoms with van der Waals surface area (Å²) in [6, 6.07) is 14.6. The van der Waals surface area contributed by atoms with Gasteiger partial charge in [0.15, 0.2) is 5.06 Å². The van der Waals surface area contributed by atoms with Crippen molar-refractivity contribution in [3.63, 3.8) is 0 Å². The molecule has 0 saturated carbocycles. The number of hydrogen-bond donors (Lipinski definition) is 1. The van der Waals surface area contributed by atoms with Gasteiger partial charge in [0.2, 0.25) is 5.91 Å². The van der Waals surface area contributed by atoms with E-state index in [1.54, 1.807) is 32.4 Å². The maximum Gasteiger partial charge on any atom is 0.415 e. The summed E-state index contributed by atoms with van der Waals surface area (Å²) in [5, 5.41) is 3.29. The normalized spacial score (nSPS) is 10.7. The van der Waals surface area contributed by atoms with Crippen molar-refractivity contribution in [1.82, 2.24) is 14.9 Å². The minimum Gasteiger partial charge on any atom is -0.456 e. The summed E-state index contributed by atoms with van der Waals surface area (Å²) in [6.07, 6.45) is 1.41. The smallest absolute Gasteiger partial charge is 0.415 e. The second-order valence-electron chi connectivity index (χ2n) is 7.99. The molecular weight excluding hydrogens is 452 g/mol. The van der Waals surface area contributed by atoms with Gasteiger partial charge in [0.05, 0.1) is 16.6 Å². The zero-order chi connectivity index (χ0) is 24.2. The Morgan fingerprint density at radius 3 is 2.53 bits per heavy atom. The van der Waals surface area contributed by atoms with E-state index in [1.165, 1.54) is 16.2 Å². The van der Waals surface area contributed by atoms with Crippen molar-refractivity contribution in [2.75, 3.05) is 19.4 Å². The van der Waals surface area contributed by atoms with Gasteiger partial charge in [-0.05, 0) is 49.2 Å². The maximum atomic E-state index is 12.4. The number of nitrogens with one attached hydrogen (secondary N) is 1. The lowest BCUT2D eigenvalue weighted by atomic mass is 10.1. The number of carbonyl (C=O) groups is 2. The summed E-state index contributed by atoms with van der Waals surface area (Å²) in [5.74, 6) is 1.64. The summed E-state index contributed by atoms with van der Waals surface area (Å²) in [5.41, 5.74) is 3.43. The fraction of sp³-hybridized carbons (Fsp3) is 0.200. The highest BCUT2D eigenvalue weighted by Gasteiger charge is 2.14. The largest absolute Gasteiger partial charge is 0.456 e. The fourth-order valence-corrected chi connectivity index (χ4v) is 4.19. The Kier molecular flexibility index (Phi) is 6.74. The number of rotatable bonds is 6. The van der Waals surface area contributed by atoms with Crippen LogP contribution < -0.4 is 14.8 Å². The number of aromatic nitrogens is 2. The van der Waals surface area contributed by atoms with Crippen LogP contribution in [0.3, 0.4) is 0 Å². The predicted molar refractivity (Wildman–Crippen MR) is 132 cm³/mol. The number of benzene rings is 1. The van der Waals surface area contributed by atoms with E-state index in [0.717, 1.165) is 21.5 Å². The van der Waals surface area contributed by atoms with Crippen molar-refractivity contribution in [2.24, 2.45) is 0 Å². The number of anilines is 1. The SMILES string of the molecule is Cc1cc(C)nc(NC(=O)Cc2ccc(Oc3ccnc4cc(OC(=O)N(C)C)sc34)cc2)c1. The average molecular weight is 477 g/mol. The Morgan fingerprint density at radius 1 is 1.06 bits per heavy atom. The van der Waals surface area contributed by atoms with E-state index in [9.17, 15) is 9.59 Å². The second-order valence-corrected chi connectivity index (χ2v) is 9.01. The van der Waals surface area contributed by atoms with Gasteiger partial charge in [0, 0.05) is 38.1 Å². The van der Waals surface area contributed by atoms with Crippen LogP contribution in [-0.4, -0.2) is 41.0 Å². The summed E-state index contributed by atoms with van der Waals surface area (Å²) >= 11 is 1.29. The van der Waals surface area contributed by atoms with Crippen LogP contribution in [0.15, 0.2) is 54.7 Å². The molecule has 0 radical (unpaired) electrons. The monoisotopic (exact) mass is 476 g/mol. The third kappa shape index (κ3) is 5.68. The van der Waals surface area contributed by atoms with Gasteiger partial charge in [-0.15, -0.1) is 0 Å². The molecule has 0 aliphatic heterocycles. The Hall–Kier alpha value is -3.98. The van der Waals surface area contributed by atoms with Gasteiger partial charge < -0.3 is 19.7 Å². The van der Waals surface area contributed by atoms with E-state index in [1.807, 2.05) is 50.2 Å². The molecule has 4 rings (SSSR count). The first-order chi connectivity index (χ1) is 16.3.